The highest BCUT2D eigenvalue weighted by molar-refractivity contribution is 7.21. The van der Waals surface area contributed by atoms with Crippen LogP contribution in [0, 0.1) is 6.92 Å². The van der Waals surface area contributed by atoms with Gasteiger partial charge < -0.3 is 5.32 Å². The predicted octanol–water partition coefficient (Wildman–Crippen LogP) is 6.07. The van der Waals surface area contributed by atoms with Crippen molar-refractivity contribution in [3.8, 4) is 0 Å². The molecule has 1 amide bonds. The third kappa shape index (κ3) is 3.26. The van der Waals surface area contributed by atoms with E-state index in [-0.39, 0.29) is 5.91 Å². The van der Waals surface area contributed by atoms with Gasteiger partial charge in [0.05, 0.1) is 4.88 Å². The molecule has 0 saturated carbocycles. The number of benzene rings is 2. The maximum atomic E-state index is 12.7. The lowest BCUT2D eigenvalue weighted by atomic mass is 10.1. The molecule has 0 bridgehead atoms. The van der Waals surface area contributed by atoms with Crippen molar-refractivity contribution in [2.45, 2.75) is 26.7 Å². The molecular formula is C19H18ClNOS. The average Bonchev–Trinajstić information content (AvgIpc) is 2.90. The molecule has 0 aliphatic rings. The molecule has 0 unspecified atom stereocenters. The van der Waals surface area contributed by atoms with Gasteiger partial charge in [0.15, 0.2) is 0 Å². The molecule has 1 aromatic heterocycles. The van der Waals surface area contributed by atoms with Crippen molar-refractivity contribution in [3.05, 3.63) is 63.5 Å². The van der Waals surface area contributed by atoms with E-state index in [1.54, 1.807) is 17.4 Å². The minimum absolute atomic E-state index is 0.0606. The monoisotopic (exact) mass is 343 g/mol. The number of aryl methyl sites for hydroxylation is 2. The summed E-state index contributed by atoms with van der Waals surface area (Å²) >= 11 is 7.69. The zero-order valence-electron chi connectivity index (χ0n) is 13.2. The van der Waals surface area contributed by atoms with E-state index in [0.717, 1.165) is 39.2 Å². The smallest absolute Gasteiger partial charge is 0.266 e. The van der Waals surface area contributed by atoms with Crippen LogP contribution >= 0.6 is 22.9 Å². The Balaban J connectivity index is 1.96. The van der Waals surface area contributed by atoms with Crippen molar-refractivity contribution in [2.75, 3.05) is 5.32 Å². The van der Waals surface area contributed by atoms with Crippen molar-refractivity contribution in [1.82, 2.24) is 0 Å². The van der Waals surface area contributed by atoms with Crippen LogP contribution in [0.1, 0.15) is 34.1 Å². The first-order valence-electron chi connectivity index (χ1n) is 7.68. The van der Waals surface area contributed by atoms with Gasteiger partial charge in [-0.3, -0.25) is 4.79 Å². The molecule has 0 atom stereocenters. The molecule has 0 fully saturated rings. The van der Waals surface area contributed by atoms with Crippen LogP contribution in [-0.4, -0.2) is 5.91 Å². The summed E-state index contributed by atoms with van der Waals surface area (Å²) in [6, 6.07) is 13.8. The topological polar surface area (TPSA) is 29.1 Å². The molecule has 1 N–H and O–H groups in total. The lowest BCUT2D eigenvalue weighted by Crippen LogP contribution is -2.12. The number of carbonyl (C=O) groups is 1. The number of hydrogen-bond acceptors (Lipinski definition) is 2. The number of nitrogens with one attached hydrogen (secondary N) is 1. The van der Waals surface area contributed by atoms with Gasteiger partial charge in [-0.25, -0.2) is 0 Å². The fourth-order valence-electron chi connectivity index (χ4n) is 2.64. The SMILES string of the molecule is CCCc1c(C(=O)Nc2ccc(C)c(Cl)c2)sc2ccccc12. The molecule has 0 saturated heterocycles. The highest BCUT2D eigenvalue weighted by Crippen LogP contribution is 2.33. The van der Waals surface area contributed by atoms with E-state index in [9.17, 15) is 4.79 Å². The van der Waals surface area contributed by atoms with E-state index in [4.69, 9.17) is 11.6 Å². The lowest BCUT2D eigenvalue weighted by Gasteiger charge is -2.07. The number of anilines is 1. The Hall–Kier alpha value is -1.84. The van der Waals surface area contributed by atoms with E-state index in [0.29, 0.717) is 5.02 Å². The molecule has 1 heterocycles. The van der Waals surface area contributed by atoms with E-state index in [2.05, 4.69) is 24.4 Å². The Kier molecular flexibility index (Phi) is 4.69. The summed E-state index contributed by atoms with van der Waals surface area (Å²) in [6.45, 7) is 4.08. The van der Waals surface area contributed by atoms with E-state index < -0.39 is 0 Å². The third-order valence-electron chi connectivity index (χ3n) is 3.83. The van der Waals surface area contributed by atoms with Crippen LogP contribution in [-0.2, 0) is 6.42 Å². The van der Waals surface area contributed by atoms with Gasteiger partial charge in [-0.15, -0.1) is 11.3 Å². The van der Waals surface area contributed by atoms with Crippen molar-refractivity contribution < 1.29 is 4.79 Å². The number of thiophene rings is 1. The summed E-state index contributed by atoms with van der Waals surface area (Å²) in [5.74, 6) is -0.0606. The summed E-state index contributed by atoms with van der Waals surface area (Å²) in [5, 5.41) is 4.82. The fraction of sp³-hybridized carbons (Fsp3) is 0.211. The first-order valence-corrected chi connectivity index (χ1v) is 8.87. The van der Waals surface area contributed by atoms with Crippen molar-refractivity contribution >= 4 is 44.6 Å². The molecule has 2 aromatic carbocycles. The van der Waals surface area contributed by atoms with Crippen molar-refractivity contribution in [1.29, 1.82) is 0 Å². The average molecular weight is 344 g/mol. The zero-order chi connectivity index (χ0) is 16.4. The zero-order valence-corrected chi connectivity index (χ0v) is 14.7. The summed E-state index contributed by atoms with van der Waals surface area (Å²) in [6.07, 6.45) is 1.92. The summed E-state index contributed by atoms with van der Waals surface area (Å²) in [5.41, 5.74) is 2.87. The first-order chi connectivity index (χ1) is 11.1. The number of hydrogen-bond donors (Lipinski definition) is 1. The Morgan fingerprint density at radius 2 is 2.00 bits per heavy atom. The molecular weight excluding hydrogens is 326 g/mol. The van der Waals surface area contributed by atoms with Gasteiger partial charge in [0.2, 0.25) is 0 Å². The van der Waals surface area contributed by atoms with Gasteiger partial charge in [-0.05, 0) is 48.1 Å². The van der Waals surface area contributed by atoms with Gasteiger partial charge >= 0.3 is 0 Å². The number of rotatable bonds is 4. The molecule has 0 aliphatic heterocycles. The van der Waals surface area contributed by atoms with Crippen LogP contribution in [0.3, 0.4) is 0 Å². The normalized spacial score (nSPS) is 10.9. The summed E-state index contributed by atoms with van der Waals surface area (Å²) in [7, 11) is 0. The molecule has 2 nitrogen and oxygen atoms in total. The number of carbonyl (C=O) groups excluding carboxylic acids is 1. The quantitative estimate of drug-likeness (QED) is 0.612. The second-order valence-electron chi connectivity index (χ2n) is 5.57. The van der Waals surface area contributed by atoms with Crippen molar-refractivity contribution in [2.24, 2.45) is 0 Å². The number of fused-ring (bicyclic) bond motifs is 1. The maximum absolute atomic E-state index is 12.7. The van der Waals surface area contributed by atoms with Crippen LogP contribution < -0.4 is 5.32 Å². The van der Waals surface area contributed by atoms with Gasteiger partial charge in [0.1, 0.15) is 0 Å². The Morgan fingerprint density at radius 3 is 2.74 bits per heavy atom. The predicted molar refractivity (Wildman–Crippen MR) is 100.0 cm³/mol. The van der Waals surface area contributed by atoms with Crippen LogP contribution in [0.25, 0.3) is 10.1 Å². The highest BCUT2D eigenvalue weighted by atomic mass is 35.5. The maximum Gasteiger partial charge on any atom is 0.266 e. The van der Waals surface area contributed by atoms with Crippen molar-refractivity contribution in [3.63, 3.8) is 0 Å². The molecule has 118 valence electrons. The van der Waals surface area contributed by atoms with Gasteiger partial charge in [-0.2, -0.15) is 0 Å². The number of halogens is 1. The number of amides is 1. The van der Waals surface area contributed by atoms with Crippen LogP contribution in [0.5, 0.6) is 0 Å². The van der Waals surface area contributed by atoms with E-state index in [1.165, 1.54) is 5.39 Å². The Morgan fingerprint density at radius 1 is 1.22 bits per heavy atom. The summed E-state index contributed by atoms with van der Waals surface area (Å²) < 4.78 is 1.16. The van der Waals surface area contributed by atoms with Gasteiger partial charge in [0, 0.05) is 15.4 Å². The fourth-order valence-corrected chi connectivity index (χ4v) is 3.97. The molecule has 3 aromatic rings. The molecule has 0 spiro atoms. The van der Waals surface area contributed by atoms with E-state index in [1.807, 2.05) is 31.2 Å². The highest BCUT2D eigenvalue weighted by Gasteiger charge is 2.17. The Bertz CT molecular complexity index is 869. The molecule has 4 heteroatoms. The standard InChI is InChI=1S/C19H18ClNOS/c1-3-6-15-14-7-4-5-8-17(14)23-18(15)19(22)21-13-10-9-12(2)16(20)11-13/h4-5,7-11H,3,6H2,1-2H3,(H,21,22). The Labute approximate surface area is 145 Å². The molecule has 3 rings (SSSR count). The van der Waals surface area contributed by atoms with Gasteiger partial charge in [0.25, 0.3) is 5.91 Å². The summed E-state index contributed by atoms with van der Waals surface area (Å²) in [4.78, 5) is 13.5. The van der Waals surface area contributed by atoms with Gasteiger partial charge in [-0.1, -0.05) is 49.2 Å². The minimum atomic E-state index is -0.0606. The largest absolute Gasteiger partial charge is 0.321 e. The van der Waals surface area contributed by atoms with E-state index >= 15 is 0 Å². The third-order valence-corrected chi connectivity index (χ3v) is 5.45. The van der Waals surface area contributed by atoms with Crippen LogP contribution in [0.4, 0.5) is 5.69 Å². The molecule has 0 radical (unpaired) electrons. The van der Waals surface area contributed by atoms with Crippen LogP contribution in [0.15, 0.2) is 42.5 Å². The lowest BCUT2D eigenvalue weighted by molar-refractivity contribution is 0.103. The molecule has 0 aliphatic carbocycles. The van der Waals surface area contributed by atoms with Crippen LogP contribution in [0.2, 0.25) is 5.02 Å². The second-order valence-corrected chi connectivity index (χ2v) is 7.03. The first kappa shape index (κ1) is 16.0. The second kappa shape index (κ2) is 6.73. The minimum Gasteiger partial charge on any atom is -0.321 e. The molecule has 23 heavy (non-hydrogen) atoms.